The molecule has 0 aromatic heterocycles. The van der Waals surface area contributed by atoms with Crippen LogP contribution in [-0.2, 0) is 16.1 Å². The third-order valence-corrected chi connectivity index (χ3v) is 2.41. The van der Waals surface area contributed by atoms with Crippen LogP contribution >= 0.6 is 0 Å². The lowest BCUT2D eigenvalue weighted by atomic mass is 10.1. The second kappa shape index (κ2) is 5.76. The summed E-state index contributed by atoms with van der Waals surface area (Å²) in [6.45, 7) is 1.17. The summed E-state index contributed by atoms with van der Waals surface area (Å²) in [5.74, 6) is -3.11. The number of aliphatic carboxylic acids is 1. The fraction of sp³-hybridized carbons (Fsp3) is 0.273. The summed E-state index contributed by atoms with van der Waals surface area (Å²) in [7, 11) is 0. The van der Waals surface area contributed by atoms with Gasteiger partial charge in [0, 0.05) is 18.2 Å². The number of benzene rings is 1. The Bertz CT molecular complexity index is 486. The Kier molecular flexibility index (Phi) is 4.36. The first-order chi connectivity index (χ1) is 8.43. The van der Waals surface area contributed by atoms with Crippen LogP contribution in [0.4, 0.5) is 5.69 Å². The van der Waals surface area contributed by atoms with Crippen molar-refractivity contribution in [2.75, 3.05) is 0 Å². The molecule has 1 rings (SSSR count). The van der Waals surface area contributed by atoms with Gasteiger partial charge in [-0.05, 0) is 6.92 Å². The average Bonchev–Trinajstić information content (AvgIpc) is 2.35. The summed E-state index contributed by atoms with van der Waals surface area (Å²) in [5.41, 5.74) is 0.217. The van der Waals surface area contributed by atoms with Gasteiger partial charge in [-0.2, -0.15) is 0 Å². The zero-order chi connectivity index (χ0) is 13.7. The molecule has 1 atom stereocenters. The highest BCUT2D eigenvalue weighted by atomic mass is 16.6. The number of carbonyl (C=O) groups excluding carboxylic acids is 1. The Hall–Kier alpha value is -2.44. The van der Waals surface area contributed by atoms with E-state index >= 15 is 0 Å². The van der Waals surface area contributed by atoms with Gasteiger partial charge in [-0.1, -0.05) is 18.2 Å². The second-order valence-electron chi connectivity index (χ2n) is 3.66. The Labute approximate surface area is 103 Å². The first-order valence-electron chi connectivity index (χ1n) is 5.16. The van der Waals surface area contributed by atoms with Crippen molar-refractivity contribution < 1.29 is 19.6 Å². The minimum Gasteiger partial charge on any atom is -0.481 e. The van der Waals surface area contributed by atoms with Crippen molar-refractivity contribution in [3.8, 4) is 0 Å². The summed E-state index contributed by atoms with van der Waals surface area (Å²) < 4.78 is 0. The third-order valence-electron chi connectivity index (χ3n) is 2.41. The fourth-order valence-electron chi connectivity index (χ4n) is 1.29. The largest absolute Gasteiger partial charge is 0.481 e. The van der Waals surface area contributed by atoms with Gasteiger partial charge in [0.2, 0.25) is 5.91 Å². The summed E-state index contributed by atoms with van der Waals surface area (Å²) in [6, 6.07) is 5.95. The van der Waals surface area contributed by atoms with Crippen molar-refractivity contribution in [1.29, 1.82) is 0 Å². The van der Waals surface area contributed by atoms with E-state index in [9.17, 15) is 19.7 Å². The average molecular weight is 252 g/mol. The Morgan fingerprint density at radius 1 is 1.44 bits per heavy atom. The molecule has 0 bridgehead atoms. The summed E-state index contributed by atoms with van der Waals surface area (Å²) in [4.78, 5) is 32.1. The standard InChI is InChI=1S/C11H12N2O5/c1-7(11(15)16)10(14)12-6-8-4-2-3-5-9(8)13(17)18/h2-5,7H,6H2,1H3,(H,12,14)(H,15,16). The van der Waals surface area contributed by atoms with Crippen molar-refractivity contribution in [3.05, 3.63) is 39.9 Å². The first-order valence-corrected chi connectivity index (χ1v) is 5.16. The quantitative estimate of drug-likeness (QED) is 0.460. The van der Waals surface area contributed by atoms with E-state index in [2.05, 4.69) is 5.32 Å². The van der Waals surface area contributed by atoms with Gasteiger partial charge in [0.15, 0.2) is 0 Å². The van der Waals surface area contributed by atoms with Gasteiger partial charge in [-0.25, -0.2) is 0 Å². The van der Waals surface area contributed by atoms with Crippen molar-refractivity contribution >= 4 is 17.6 Å². The molecule has 18 heavy (non-hydrogen) atoms. The number of nitro groups is 1. The molecule has 0 saturated carbocycles. The van der Waals surface area contributed by atoms with Gasteiger partial charge in [-0.3, -0.25) is 19.7 Å². The van der Waals surface area contributed by atoms with Gasteiger partial charge in [0.05, 0.1) is 4.92 Å². The highest BCUT2D eigenvalue weighted by molar-refractivity contribution is 5.96. The van der Waals surface area contributed by atoms with Gasteiger partial charge in [0.25, 0.3) is 5.69 Å². The summed E-state index contributed by atoms with van der Waals surface area (Å²) in [5, 5.41) is 21.7. The maximum atomic E-state index is 11.4. The monoisotopic (exact) mass is 252 g/mol. The van der Waals surface area contributed by atoms with Gasteiger partial charge in [-0.15, -0.1) is 0 Å². The predicted octanol–water partition coefficient (Wildman–Crippen LogP) is 0.932. The molecule has 1 aromatic carbocycles. The summed E-state index contributed by atoms with van der Waals surface area (Å²) >= 11 is 0. The molecule has 0 aliphatic heterocycles. The maximum Gasteiger partial charge on any atom is 0.315 e. The Balaban J connectivity index is 2.72. The molecule has 1 aromatic rings. The minimum absolute atomic E-state index is 0.0758. The van der Waals surface area contributed by atoms with Crippen molar-refractivity contribution in [3.63, 3.8) is 0 Å². The lowest BCUT2D eigenvalue weighted by Gasteiger charge is -2.08. The van der Waals surface area contributed by atoms with Crippen LogP contribution in [0.1, 0.15) is 12.5 Å². The molecule has 0 saturated heterocycles. The molecule has 0 heterocycles. The molecule has 96 valence electrons. The number of para-hydroxylation sites is 1. The number of nitrogens with zero attached hydrogens (tertiary/aromatic N) is 1. The van der Waals surface area contributed by atoms with Crippen LogP contribution in [0.2, 0.25) is 0 Å². The van der Waals surface area contributed by atoms with Crippen LogP contribution in [0.25, 0.3) is 0 Å². The number of carboxylic acid groups (broad SMARTS) is 1. The molecule has 7 nitrogen and oxygen atoms in total. The van der Waals surface area contributed by atoms with Crippen LogP contribution in [0.3, 0.4) is 0 Å². The number of hydrogen-bond acceptors (Lipinski definition) is 4. The smallest absolute Gasteiger partial charge is 0.315 e. The van der Waals surface area contributed by atoms with Gasteiger partial charge < -0.3 is 10.4 Å². The molecule has 1 amide bonds. The Morgan fingerprint density at radius 3 is 2.61 bits per heavy atom. The highest BCUT2D eigenvalue weighted by Gasteiger charge is 2.21. The predicted molar refractivity (Wildman–Crippen MR) is 61.7 cm³/mol. The van der Waals surface area contributed by atoms with E-state index in [0.29, 0.717) is 5.56 Å². The number of hydrogen-bond donors (Lipinski definition) is 2. The van der Waals surface area contributed by atoms with E-state index in [0.717, 1.165) is 0 Å². The van der Waals surface area contributed by atoms with E-state index in [1.807, 2.05) is 0 Å². The molecule has 0 aliphatic rings. The second-order valence-corrected chi connectivity index (χ2v) is 3.66. The minimum atomic E-state index is -1.24. The number of carboxylic acids is 1. The molecular weight excluding hydrogens is 240 g/mol. The third kappa shape index (κ3) is 3.27. The van der Waals surface area contributed by atoms with Crippen LogP contribution in [0, 0.1) is 16.0 Å². The normalized spacial score (nSPS) is 11.6. The van der Waals surface area contributed by atoms with Crippen molar-refractivity contribution in [2.45, 2.75) is 13.5 Å². The maximum absolute atomic E-state index is 11.4. The number of rotatable bonds is 5. The van der Waals surface area contributed by atoms with Gasteiger partial charge >= 0.3 is 5.97 Å². The highest BCUT2D eigenvalue weighted by Crippen LogP contribution is 2.17. The molecular formula is C11H12N2O5. The van der Waals surface area contributed by atoms with E-state index in [1.165, 1.54) is 25.1 Å². The van der Waals surface area contributed by atoms with E-state index in [-0.39, 0.29) is 12.2 Å². The number of amides is 1. The topological polar surface area (TPSA) is 110 Å². The SMILES string of the molecule is CC(C(=O)O)C(=O)NCc1ccccc1[N+](=O)[O-]. The Morgan fingerprint density at radius 2 is 2.06 bits per heavy atom. The van der Waals surface area contributed by atoms with Crippen LogP contribution in [0.5, 0.6) is 0 Å². The molecule has 1 unspecified atom stereocenters. The zero-order valence-electron chi connectivity index (χ0n) is 9.62. The molecule has 7 heteroatoms. The number of nitro benzene ring substituents is 1. The van der Waals surface area contributed by atoms with Crippen LogP contribution < -0.4 is 5.32 Å². The van der Waals surface area contributed by atoms with Crippen LogP contribution in [0.15, 0.2) is 24.3 Å². The molecule has 0 spiro atoms. The number of carbonyl (C=O) groups is 2. The van der Waals surface area contributed by atoms with Crippen LogP contribution in [-0.4, -0.2) is 21.9 Å². The molecule has 2 N–H and O–H groups in total. The fourth-order valence-corrected chi connectivity index (χ4v) is 1.29. The molecule has 0 radical (unpaired) electrons. The molecule has 0 fully saturated rings. The van der Waals surface area contributed by atoms with E-state index in [1.54, 1.807) is 6.07 Å². The first kappa shape index (κ1) is 13.6. The number of nitrogens with one attached hydrogen (secondary N) is 1. The van der Waals surface area contributed by atoms with Gasteiger partial charge in [0.1, 0.15) is 5.92 Å². The summed E-state index contributed by atoms with van der Waals surface area (Å²) in [6.07, 6.45) is 0. The van der Waals surface area contributed by atoms with Crippen molar-refractivity contribution in [2.24, 2.45) is 5.92 Å². The van der Waals surface area contributed by atoms with E-state index < -0.39 is 22.7 Å². The lowest BCUT2D eigenvalue weighted by Crippen LogP contribution is -2.33. The zero-order valence-corrected chi connectivity index (χ0v) is 9.62. The van der Waals surface area contributed by atoms with E-state index in [4.69, 9.17) is 5.11 Å². The lowest BCUT2D eigenvalue weighted by molar-refractivity contribution is -0.385. The molecule has 0 aliphatic carbocycles. The van der Waals surface area contributed by atoms with Crippen molar-refractivity contribution in [1.82, 2.24) is 5.32 Å².